The average Bonchev–Trinajstić information content (AvgIpc) is 3.16. The van der Waals surface area contributed by atoms with Gasteiger partial charge in [0.2, 0.25) is 11.8 Å². The molecule has 7 heteroatoms. The van der Waals surface area contributed by atoms with Gasteiger partial charge in [-0.3, -0.25) is 9.59 Å². The molecule has 1 aromatic heterocycles. The fourth-order valence-corrected chi connectivity index (χ4v) is 3.67. The van der Waals surface area contributed by atoms with Crippen molar-refractivity contribution in [2.45, 2.75) is 25.8 Å². The summed E-state index contributed by atoms with van der Waals surface area (Å²) in [5.74, 6) is -0.253. The summed E-state index contributed by atoms with van der Waals surface area (Å²) in [6.45, 7) is 2.13. The van der Waals surface area contributed by atoms with E-state index < -0.39 is 6.04 Å². The molecule has 1 atom stereocenters. The molecule has 0 bridgehead atoms. The van der Waals surface area contributed by atoms with Crippen LogP contribution in [0.15, 0.2) is 29.6 Å². The van der Waals surface area contributed by atoms with Crippen molar-refractivity contribution < 1.29 is 9.59 Å². The van der Waals surface area contributed by atoms with Crippen molar-refractivity contribution in [3.63, 3.8) is 0 Å². The Morgan fingerprint density at radius 3 is 2.91 bits per heavy atom. The second kappa shape index (κ2) is 6.68. The molecule has 1 saturated heterocycles. The SMILES string of the molecule is CC(=O)N1CCCC1C(=O)Nc1nc(-c2ccccc2Cl)cs1. The quantitative estimate of drug-likeness (QED) is 0.923. The summed E-state index contributed by atoms with van der Waals surface area (Å²) < 4.78 is 0. The number of halogens is 1. The highest BCUT2D eigenvalue weighted by Gasteiger charge is 2.32. The molecule has 1 unspecified atom stereocenters. The molecule has 2 amide bonds. The Kier molecular flexibility index (Phi) is 4.63. The Bertz CT molecular complexity index is 746. The second-order valence-electron chi connectivity index (χ2n) is 5.38. The number of anilines is 1. The summed E-state index contributed by atoms with van der Waals surface area (Å²) in [7, 11) is 0. The number of hydrogen-bond donors (Lipinski definition) is 1. The number of nitrogens with one attached hydrogen (secondary N) is 1. The van der Waals surface area contributed by atoms with Gasteiger partial charge in [0.15, 0.2) is 5.13 Å². The minimum atomic E-state index is -0.403. The topological polar surface area (TPSA) is 62.3 Å². The lowest BCUT2D eigenvalue weighted by Gasteiger charge is -2.21. The molecule has 0 aliphatic carbocycles. The first-order valence-electron chi connectivity index (χ1n) is 7.35. The molecule has 120 valence electrons. The van der Waals surface area contributed by atoms with Gasteiger partial charge in [0.1, 0.15) is 6.04 Å². The molecule has 0 spiro atoms. The highest BCUT2D eigenvalue weighted by Crippen LogP contribution is 2.30. The maximum absolute atomic E-state index is 12.4. The van der Waals surface area contributed by atoms with Crippen LogP contribution >= 0.6 is 22.9 Å². The largest absolute Gasteiger partial charge is 0.331 e. The second-order valence-corrected chi connectivity index (χ2v) is 6.64. The molecular weight excluding hydrogens is 334 g/mol. The number of rotatable bonds is 3. The van der Waals surface area contributed by atoms with Gasteiger partial charge < -0.3 is 10.2 Å². The monoisotopic (exact) mass is 349 g/mol. The van der Waals surface area contributed by atoms with Gasteiger partial charge in [0.25, 0.3) is 0 Å². The van der Waals surface area contributed by atoms with Crippen LogP contribution in [-0.4, -0.2) is 34.3 Å². The number of thiazole rings is 1. The number of nitrogens with zero attached hydrogens (tertiary/aromatic N) is 2. The summed E-state index contributed by atoms with van der Waals surface area (Å²) >= 11 is 7.51. The molecule has 1 fully saturated rings. The van der Waals surface area contributed by atoms with E-state index >= 15 is 0 Å². The number of carbonyl (C=O) groups is 2. The smallest absolute Gasteiger partial charge is 0.248 e. The van der Waals surface area contributed by atoms with E-state index in [0.717, 1.165) is 17.7 Å². The summed E-state index contributed by atoms with van der Waals surface area (Å²) in [5, 5.41) is 5.80. The fraction of sp³-hybridized carbons (Fsp3) is 0.312. The van der Waals surface area contributed by atoms with Crippen LogP contribution in [0.4, 0.5) is 5.13 Å². The van der Waals surface area contributed by atoms with E-state index in [1.165, 1.54) is 18.3 Å². The van der Waals surface area contributed by atoms with Gasteiger partial charge in [0, 0.05) is 29.4 Å². The number of aromatic nitrogens is 1. The van der Waals surface area contributed by atoms with E-state index in [-0.39, 0.29) is 11.8 Å². The maximum Gasteiger partial charge on any atom is 0.248 e. The molecular formula is C16H16ClN3O2S. The molecule has 3 rings (SSSR count). The maximum atomic E-state index is 12.4. The zero-order valence-electron chi connectivity index (χ0n) is 12.6. The van der Waals surface area contributed by atoms with Gasteiger partial charge >= 0.3 is 0 Å². The summed E-state index contributed by atoms with van der Waals surface area (Å²) in [6.07, 6.45) is 1.54. The number of amides is 2. The van der Waals surface area contributed by atoms with Crippen molar-refractivity contribution in [2.24, 2.45) is 0 Å². The molecule has 2 heterocycles. The number of benzene rings is 1. The summed E-state index contributed by atoms with van der Waals surface area (Å²) in [6, 6.07) is 7.04. The molecule has 5 nitrogen and oxygen atoms in total. The minimum Gasteiger partial charge on any atom is -0.331 e. The van der Waals surface area contributed by atoms with Crippen LogP contribution < -0.4 is 5.32 Å². The lowest BCUT2D eigenvalue weighted by molar-refractivity contribution is -0.134. The Morgan fingerprint density at radius 1 is 1.39 bits per heavy atom. The normalized spacial score (nSPS) is 17.3. The molecule has 23 heavy (non-hydrogen) atoms. The van der Waals surface area contributed by atoms with E-state index in [1.54, 1.807) is 11.0 Å². The fourth-order valence-electron chi connectivity index (χ4n) is 2.73. The first-order valence-corrected chi connectivity index (χ1v) is 8.60. The predicted molar refractivity (Wildman–Crippen MR) is 91.6 cm³/mol. The third-order valence-corrected chi connectivity index (χ3v) is 4.93. The number of hydrogen-bond acceptors (Lipinski definition) is 4. The highest BCUT2D eigenvalue weighted by molar-refractivity contribution is 7.14. The van der Waals surface area contributed by atoms with E-state index in [0.29, 0.717) is 23.1 Å². The van der Waals surface area contributed by atoms with Crippen molar-refractivity contribution >= 4 is 39.9 Å². The zero-order valence-corrected chi connectivity index (χ0v) is 14.2. The van der Waals surface area contributed by atoms with Gasteiger partial charge in [-0.25, -0.2) is 4.98 Å². The Labute approximate surface area is 143 Å². The molecule has 1 aromatic carbocycles. The van der Waals surface area contributed by atoms with Crippen LogP contribution in [0.1, 0.15) is 19.8 Å². The molecule has 0 saturated carbocycles. The summed E-state index contributed by atoms with van der Waals surface area (Å²) in [4.78, 5) is 30.0. The van der Waals surface area contributed by atoms with Crippen LogP contribution in [-0.2, 0) is 9.59 Å². The minimum absolute atomic E-state index is 0.0708. The van der Waals surface area contributed by atoms with Crippen LogP contribution in [0.3, 0.4) is 0 Å². The van der Waals surface area contributed by atoms with Crippen LogP contribution in [0.5, 0.6) is 0 Å². The highest BCUT2D eigenvalue weighted by atomic mass is 35.5. The van der Waals surface area contributed by atoms with Crippen molar-refractivity contribution in [3.05, 3.63) is 34.7 Å². The Hall–Kier alpha value is -1.92. The van der Waals surface area contributed by atoms with Gasteiger partial charge in [-0.05, 0) is 18.9 Å². The molecule has 1 N–H and O–H groups in total. The van der Waals surface area contributed by atoms with Crippen molar-refractivity contribution in [1.29, 1.82) is 0 Å². The van der Waals surface area contributed by atoms with E-state index in [4.69, 9.17) is 11.6 Å². The van der Waals surface area contributed by atoms with Gasteiger partial charge in [-0.2, -0.15) is 0 Å². The van der Waals surface area contributed by atoms with Crippen LogP contribution in [0.25, 0.3) is 11.3 Å². The molecule has 0 radical (unpaired) electrons. The zero-order chi connectivity index (χ0) is 16.4. The van der Waals surface area contributed by atoms with Gasteiger partial charge in [-0.15, -0.1) is 11.3 Å². The number of likely N-dealkylation sites (tertiary alicyclic amines) is 1. The lowest BCUT2D eigenvalue weighted by atomic mass is 10.2. The lowest BCUT2D eigenvalue weighted by Crippen LogP contribution is -2.42. The van der Waals surface area contributed by atoms with E-state index in [1.807, 2.05) is 23.6 Å². The average molecular weight is 350 g/mol. The van der Waals surface area contributed by atoms with E-state index in [2.05, 4.69) is 10.3 Å². The van der Waals surface area contributed by atoms with Crippen LogP contribution in [0.2, 0.25) is 5.02 Å². The molecule has 2 aromatic rings. The first-order chi connectivity index (χ1) is 11.1. The Morgan fingerprint density at radius 2 is 2.17 bits per heavy atom. The Balaban J connectivity index is 1.73. The van der Waals surface area contributed by atoms with Crippen molar-refractivity contribution in [3.8, 4) is 11.3 Å². The van der Waals surface area contributed by atoms with Crippen LogP contribution in [0, 0.1) is 0 Å². The standard InChI is InChI=1S/C16H16ClN3O2S/c1-10(21)20-8-4-7-14(20)15(22)19-16-18-13(9-23-16)11-5-2-3-6-12(11)17/h2-3,5-6,9,14H,4,7-8H2,1H3,(H,18,19,22). The third kappa shape index (κ3) is 3.38. The summed E-state index contributed by atoms with van der Waals surface area (Å²) in [5.41, 5.74) is 1.56. The first kappa shape index (κ1) is 16.0. The van der Waals surface area contributed by atoms with Crippen molar-refractivity contribution in [2.75, 3.05) is 11.9 Å². The predicted octanol–water partition coefficient (Wildman–Crippen LogP) is 3.41. The van der Waals surface area contributed by atoms with E-state index in [9.17, 15) is 9.59 Å². The molecule has 1 aliphatic rings. The molecule has 1 aliphatic heterocycles. The van der Waals surface area contributed by atoms with Gasteiger partial charge in [0.05, 0.1) is 5.69 Å². The van der Waals surface area contributed by atoms with Crippen molar-refractivity contribution in [1.82, 2.24) is 9.88 Å². The third-order valence-electron chi connectivity index (χ3n) is 3.84. The number of carbonyl (C=O) groups excluding carboxylic acids is 2. The van der Waals surface area contributed by atoms with Gasteiger partial charge in [-0.1, -0.05) is 29.8 Å².